The van der Waals surface area contributed by atoms with E-state index in [0.717, 1.165) is 5.39 Å². The Morgan fingerprint density at radius 2 is 2.03 bits per heavy atom. The average Bonchev–Trinajstić information content (AvgIpc) is 3.23. The lowest BCUT2D eigenvalue weighted by Crippen LogP contribution is -2.42. The van der Waals surface area contributed by atoms with E-state index in [2.05, 4.69) is 15.3 Å². The first-order valence-corrected chi connectivity index (χ1v) is 9.52. The molecule has 0 saturated carbocycles. The minimum absolute atomic E-state index is 0.182. The fourth-order valence-corrected chi connectivity index (χ4v) is 3.68. The molecule has 1 aliphatic heterocycles. The Hall–Kier alpha value is -3.07. The van der Waals surface area contributed by atoms with Crippen LogP contribution in [0.25, 0.3) is 22.2 Å². The minimum atomic E-state index is -0.615. The lowest BCUT2D eigenvalue weighted by Gasteiger charge is -2.30. The Bertz CT molecular complexity index is 1130. The van der Waals surface area contributed by atoms with Gasteiger partial charge in [0.1, 0.15) is 11.3 Å². The predicted octanol–water partition coefficient (Wildman–Crippen LogP) is 2.93. The average molecular weight is 417 g/mol. The maximum Gasteiger partial charge on any atom is 0.410 e. The molecule has 1 aliphatic rings. The quantitative estimate of drug-likeness (QED) is 0.665. The molecule has 3 aromatic rings. The zero-order valence-corrected chi connectivity index (χ0v) is 17.1. The number of rotatable bonds is 2. The van der Waals surface area contributed by atoms with E-state index in [1.54, 1.807) is 21.8 Å². The summed E-state index contributed by atoms with van der Waals surface area (Å²) in [6.07, 6.45) is 1.21. The molecule has 0 unspecified atom stereocenters. The second kappa shape index (κ2) is 6.77. The summed E-state index contributed by atoms with van der Waals surface area (Å²) in [5.41, 5.74) is 7.73. The van der Waals surface area contributed by atoms with Crippen LogP contribution in [0, 0.1) is 0 Å². The molecular weight excluding hydrogens is 396 g/mol. The van der Waals surface area contributed by atoms with Gasteiger partial charge in [-0.25, -0.2) is 4.79 Å². The summed E-state index contributed by atoms with van der Waals surface area (Å²) < 4.78 is 7.16. The van der Waals surface area contributed by atoms with E-state index in [1.807, 2.05) is 26.8 Å². The number of aromatic nitrogens is 4. The number of aromatic amines is 1. The topological polar surface area (TPSA) is 119 Å². The predicted molar refractivity (Wildman–Crippen MR) is 107 cm³/mol. The summed E-state index contributed by atoms with van der Waals surface area (Å²) in [5.74, 6) is -0.615. The molecular formula is C19H21ClN6O3. The van der Waals surface area contributed by atoms with Gasteiger partial charge in [0.05, 0.1) is 41.1 Å². The summed E-state index contributed by atoms with van der Waals surface area (Å²) in [7, 11) is 0. The van der Waals surface area contributed by atoms with Gasteiger partial charge in [-0.05, 0) is 32.9 Å². The molecule has 0 saturated heterocycles. The number of halogens is 1. The SMILES string of the molecule is CC(C)(C)OC(=O)N1CCn2nc(-c3cc(Cl)c4[nH]ncc4c3)c(C(N)=O)c2C1. The molecule has 0 aliphatic carbocycles. The van der Waals surface area contributed by atoms with Gasteiger partial charge in [-0.1, -0.05) is 11.6 Å². The van der Waals surface area contributed by atoms with E-state index >= 15 is 0 Å². The van der Waals surface area contributed by atoms with Gasteiger partial charge in [0.2, 0.25) is 0 Å². The van der Waals surface area contributed by atoms with Crippen molar-refractivity contribution in [3.63, 3.8) is 0 Å². The van der Waals surface area contributed by atoms with E-state index in [4.69, 9.17) is 22.1 Å². The molecule has 0 atom stereocenters. The highest BCUT2D eigenvalue weighted by Crippen LogP contribution is 2.33. The Labute approximate surface area is 171 Å². The maximum absolute atomic E-state index is 12.5. The molecule has 2 aromatic heterocycles. The Kier molecular flexibility index (Phi) is 4.49. The third-order valence-corrected chi connectivity index (χ3v) is 4.95. The number of fused-ring (bicyclic) bond motifs is 2. The molecule has 9 nitrogen and oxygen atoms in total. The van der Waals surface area contributed by atoms with E-state index in [0.29, 0.717) is 40.6 Å². The molecule has 10 heteroatoms. The van der Waals surface area contributed by atoms with Crippen LogP contribution in [0.15, 0.2) is 18.3 Å². The van der Waals surface area contributed by atoms with E-state index < -0.39 is 17.6 Å². The molecule has 0 radical (unpaired) electrons. The maximum atomic E-state index is 12.5. The first-order chi connectivity index (χ1) is 13.6. The number of carbonyl (C=O) groups excluding carboxylic acids is 2. The molecule has 152 valence electrons. The van der Waals surface area contributed by atoms with E-state index in [-0.39, 0.29) is 12.1 Å². The van der Waals surface area contributed by atoms with Gasteiger partial charge in [0, 0.05) is 17.5 Å². The number of hydrogen-bond acceptors (Lipinski definition) is 5. The summed E-state index contributed by atoms with van der Waals surface area (Å²) in [6, 6.07) is 3.56. The Morgan fingerprint density at radius 1 is 1.28 bits per heavy atom. The number of nitrogens with zero attached hydrogens (tertiary/aromatic N) is 4. The second-order valence-corrected chi connectivity index (χ2v) is 8.36. The van der Waals surface area contributed by atoms with Crippen LogP contribution in [0.3, 0.4) is 0 Å². The van der Waals surface area contributed by atoms with Crippen LogP contribution in [0.5, 0.6) is 0 Å². The van der Waals surface area contributed by atoms with Crippen LogP contribution in [0.4, 0.5) is 4.79 Å². The normalized spacial score (nSPS) is 14.1. The van der Waals surface area contributed by atoms with Crippen molar-refractivity contribution in [1.82, 2.24) is 24.9 Å². The molecule has 0 fully saturated rings. The van der Waals surface area contributed by atoms with Crippen molar-refractivity contribution in [3.05, 3.63) is 34.6 Å². The van der Waals surface area contributed by atoms with Crippen molar-refractivity contribution in [3.8, 4) is 11.3 Å². The number of ether oxygens (including phenoxy) is 1. The largest absolute Gasteiger partial charge is 0.444 e. The first kappa shape index (κ1) is 19.3. The monoisotopic (exact) mass is 416 g/mol. The molecule has 0 bridgehead atoms. The minimum Gasteiger partial charge on any atom is -0.444 e. The van der Waals surface area contributed by atoms with Gasteiger partial charge in [0.15, 0.2) is 0 Å². The molecule has 1 aromatic carbocycles. The summed E-state index contributed by atoms with van der Waals surface area (Å²) >= 11 is 6.35. The van der Waals surface area contributed by atoms with Gasteiger partial charge >= 0.3 is 6.09 Å². The van der Waals surface area contributed by atoms with E-state index in [9.17, 15) is 9.59 Å². The summed E-state index contributed by atoms with van der Waals surface area (Å²) in [4.78, 5) is 26.3. The zero-order chi connectivity index (χ0) is 20.9. The molecule has 3 N–H and O–H groups in total. The van der Waals surface area contributed by atoms with Gasteiger partial charge in [-0.15, -0.1) is 0 Å². The highest BCUT2D eigenvalue weighted by atomic mass is 35.5. The van der Waals surface area contributed by atoms with Crippen LogP contribution in [-0.4, -0.2) is 49.0 Å². The van der Waals surface area contributed by atoms with Crippen LogP contribution < -0.4 is 5.73 Å². The van der Waals surface area contributed by atoms with Gasteiger partial charge < -0.3 is 15.4 Å². The van der Waals surface area contributed by atoms with Crippen molar-refractivity contribution < 1.29 is 14.3 Å². The number of hydrogen-bond donors (Lipinski definition) is 2. The number of nitrogens with one attached hydrogen (secondary N) is 1. The summed E-state index contributed by atoms with van der Waals surface area (Å²) in [6.45, 7) is 6.45. The molecule has 3 heterocycles. The summed E-state index contributed by atoms with van der Waals surface area (Å²) in [5, 5.41) is 12.7. The fraction of sp³-hybridized carbons (Fsp3) is 0.368. The van der Waals surface area contributed by atoms with Crippen molar-refractivity contribution in [1.29, 1.82) is 0 Å². The fourth-order valence-electron chi connectivity index (χ4n) is 3.41. The van der Waals surface area contributed by atoms with E-state index in [1.165, 1.54) is 0 Å². The molecule has 29 heavy (non-hydrogen) atoms. The van der Waals surface area contributed by atoms with Crippen molar-refractivity contribution in [2.45, 2.75) is 39.5 Å². The standard InChI is InChI=1S/C19H21ClN6O3/c1-19(2,3)29-18(28)25-4-5-26-13(9-25)14(17(21)27)16(24-26)10-6-11-8-22-23-15(11)12(20)7-10/h6-8H,4-5,9H2,1-3H3,(H2,21,27)(H,22,23). The van der Waals surface area contributed by atoms with Gasteiger partial charge in [-0.2, -0.15) is 10.2 Å². The van der Waals surface area contributed by atoms with Crippen LogP contribution in [-0.2, 0) is 17.8 Å². The Balaban J connectivity index is 1.75. The number of nitrogens with two attached hydrogens (primary N) is 1. The van der Waals surface area contributed by atoms with Crippen molar-refractivity contribution >= 4 is 34.5 Å². The zero-order valence-electron chi connectivity index (χ0n) is 16.3. The molecule has 4 rings (SSSR count). The highest BCUT2D eigenvalue weighted by Gasteiger charge is 2.31. The first-order valence-electron chi connectivity index (χ1n) is 9.14. The number of H-pyrrole nitrogens is 1. The van der Waals surface area contributed by atoms with Gasteiger partial charge in [0.25, 0.3) is 5.91 Å². The lowest BCUT2D eigenvalue weighted by atomic mass is 10.0. The smallest absolute Gasteiger partial charge is 0.410 e. The lowest BCUT2D eigenvalue weighted by molar-refractivity contribution is 0.0193. The van der Waals surface area contributed by atoms with Gasteiger partial charge in [-0.3, -0.25) is 14.6 Å². The van der Waals surface area contributed by atoms with Crippen molar-refractivity contribution in [2.24, 2.45) is 5.73 Å². The van der Waals surface area contributed by atoms with Crippen molar-refractivity contribution in [2.75, 3.05) is 6.54 Å². The second-order valence-electron chi connectivity index (χ2n) is 7.95. The molecule has 2 amide bonds. The highest BCUT2D eigenvalue weighted by molar-refractivity contribution is 6.35. The van der Waals surface area contributed by atoms with Crippen LogP contribution in [0.2, 0.25) is 5.02 Å². The van der Waals surface area contributed by atoms with Crippen LogP contribution in [0.1, 0.15) is 36.8 Å². The number of primary amides is 1. The third-order valence-electron chi connectivity index (χ3n) is 4.65. The Morgan fingerprint density at radius 3 is 2.72 bits per heavy atom. The number of benzene rings is 1. The van der Waals surface area contributed by atoms with Crippen LogP contribution >= 0.6 is 11.6 Å². The third kappa shape index (κ3) is 3.53. The number of amides is 2. The molecule has 0 spiro atoms. The number of carbonyl (C=O) groups is 2.